The Balaban J connectivity index is 1.56. The van der Waals surface area contributed by atoms with Gasteiger partial charge in [-0.15, -0.1) is 0 Å². The third-order valence-corrected chi connectivity index (χ3v) is 6.09. The van der Waals surface area contributed by atoms with Crippen molar-refractivity contribution < 1.29 is 9.90 Å². The van der Waals surface area contributed by atoms with Crippen LogP contribution in [0.4, 0.5) is 0 Å². The maximum absolute atomic E-state index is 11.8. The van der Waals surface area contributed by atoms with Crippen LogP contribution in [0.2, 0.25) is 10.0 Å². The van der Waals surface area contributed by atoms with Gasteiger partial charge < -0.3 is 15.4 Å². The van der Waals surface area contributed by atoms with Crippen LogP contribution < -0.4 is 5.32 Å². The van der Waals surface area contributed by atoms with E-state index in [0.717, 1.165) is 28.6 Å². The van der Waals surface area contributed by atoms with Crippen LogP contribution in [0.25, 0.3) is 10.9 Å². The van der Waals surface area contributed by atoms with Crippen molar-refractivity contribution in [3.63, 3.8) is 0 Å². The predicted molar refractivity (Wildman–Crippen MR) is 116 cm³/mol. The van der Waals surface area contributed by atoms with Gasteiger partial charge in [-0.3, -0.25) is 9.69 Å². The summed E-state index contributed by atoms with van der Waals surface area (Å²) in [7, 11) is 0. The van der Waals surface area contributed by atoms with Crippen molar-refractivity contribution in [1.82, 2.24) is 15.2 Å². The summed E-state index contributed by atoms with van der Waals surface area (Å²) in [4.78, 5) is 17.2. The van der Waals surface area contributed by atoms with Crippen molar-refractivity contribution in [2.45, 2.75) is 38.6 Å². The molecule has 29 heavy (non-hydrogen) atoms. The van der Waals surface area contributed by atoms with E-state index >= 15 is 0 Å². The Morgan fingerprint density at radius 3 is 2.83 bits per heavy atom. The molecule has 0 radical (unpaired) electrons. The Kier molecular flexibility index (Phi) is 5.83. The van der Waals surface area contributed by atoms with E-state index in [-0.39, 0.29) is 5.91 Å². The quantitative estimate of drug-likeness (QED) is 0.573. The zero-order valence-electron chi connectivity index (χ0n) is 16.1. The second kappa shape index (κ2) is 8.36. The van der Waals surface area contributed by atoms with Crippen molar-refractivity contribution in [3.05, 3.63) is 69.3 Å². The number of nitrogens with one attached hydrogen (secondary N) is 2. The van der Waals surface area contributed by atoms with E-state index in [4.69, 9.17) is 23.2 Å². The molecule has 2 aromatic carbocycles. The van der Waals surface area contributed by atoms with Crippen LogP contribution in [0.5, 0.6) is 0 Å². The number of halogens is 2. The Morgan fingerprint density at radius 2 is 2.07 bits per heavy atom. The van der Waals surface area contributed by atoms with Gasteiger partial charge in [0.05, 0.1) is 6.04 Å². The van der Waals surface area contributed by atoms with Gasteiger partial charge in [-0.25, -0.2) is 0 Å². The molecule has 0 bridgehead atoms. The van der Waals surface area contributed by atoms with Gasteiger partial charge in [-0.2, -0.15) is 0 Å². The average molecular weight is 432 g/mol. The number of carbonyl (C=O) groups excluding carboxylic acids is 1. The van der Waals surface area contributed by atoms with Crippen molar-refractivity contribution >= 4 is 40.0 Å². The molecular weight excluding hydrogens is 409 g/mol. The predicted octanol–water partition coefficient (Wildman–Crippen LogP) is 3.90. The fourth-order valence-corrected chi connectivity index (χ4v) is 4.49. The van der Waals surface area contributed by atoms with Crippen LogP contribution in [0.1, 0.15) is 23.7 Å². The summed E-state index contributed by atoms with van der Waals surface area (Å²) in [5.74, 6) is -0.181. The number of hydrogen-bond acceptors (Lipinski definition) is 3. The van der Waals surface area contributed by atoms with E-state index in [2.05, 4.69) is 10.3 Å². The molecular formula is C22H23Cl2N3O2. The molecule has 3 aromatic rings. The molecule has 0 aliphatic carbocycles. The number of aromatic nitrogens is 1. The van der Waals surface area contributed by atoms with Crippen LogP contribution in [0.3, 0.4) is 0 Å². The molecule has 7 heteroatoms. The molecule has 1 amide bonds. The third kappa shape index (κ3) is 4.28. The number of aliphatic hydroxyl groups is 1. The molecule has 2 heterocycles. The summed E-state index contributed by atoms with van der Waals surface area (Å²) in [5.41, 5.74) is 4.26. The number of fused-ring (bicyclic) bond motifs is 3. The van der Waals surface area contributed by atoms with E-state index in [9.17, 15) is 9.90 Å². The monoisotopic (exact) mass is 431 g/mol. The van der Waals surface area contributed by atoms with Gasteiger partial charge in [0.1, 0.15) is 6.23 Å². The highest BCUT2D eigenvalue weighted by molar-refractivity contribution is 6.31. The highest BCUT2D eigenvalue weighted by atomic mass is 35.5. The molecule has 1 aliphatic rings. The van der Waals surface area contributed by atoms with Crippen LogP contribution in [0.15, 0.2) is 42.5 Å². The molecule has 0 saturated carbocycles. The number of hydrogen-bond donors (Lipinski definition) is 3. The van der Waals surface area contributed by atoms with E-state index in [1.165, 1.54) is 12.5 Å². The summed E-state index contributed by atoms with van der Waals surface area (Å²) < 4.78 is 0. The summed E-state index contributed by atoms with van der Waals surface area (Å²) in [6.07, 6.45) is 0.413. The average Bonchev–Trinajstić information content (AvgIpc) is 3.05. The summed E-state index contributed by atoms with van der Waals surface area (Å²) in [5, 5.41) is 16.5. The van der Waals surface area contributed by atoms with Crippen molar-refractivity contribution in [1.29, 1.82) is 0 Å². The van der Waals surface area contributed by atoms with Gasteiger partial charge >= 0.3 is 0 Å². The first-order valence-corrected chi connectivity index (χ1v) is 10.4. The SMILES string of the molecule is CC(=O)N[C@@H](Cc1ccccc1Cl)C(O)N1CCc2c([nH]c3ccc(Cl)cc23)C1. The first-order chi connectivity index (χ1) is 13.9. The zero-order chi connectivity index (χ0) is 20.5. The van der Waals surface area contributed by atoms with Crippen LogP contribution in [-0.2, 0) is 24.2 Å². The fourth-order valence-electron chi connectivity index (χ4n) is 4.11. The molecule has 152 valence electrons. The number of H-pyrrole nitrogens is 1. The Labute approximate surface area is 179 Å². The molecule has 0 fully saturated rings. The normalized spacial score (nSPS) is 16.4. The third-order valence-electron chi connectivity index (χ3n) is 5.49. The number of benzene rings is 2. The maximum Gasteiger partial charge on any atom is 0.217 e. The molecule has 3 N–H and O–H groups in total. The summed E-state index contributed by atoms with van der Waals surface area (Å²) >= 11 is 12.5. The van der Waals surface area contributed by atoms with Crippen molar-refractivity contribution in [2.24, 2.45) is 0 Å². The smallest absolute Gasteiger partial charge is 0.217 e. The van der Waals surface area contributed by atoms with Crippen molar-refractivity contribution in [3.8, 4) is 0 Å². The lowest BCUT2D eigenvalue weighted by molar-refractivity contribution is -0.122. The first-order valence-electron chi connectivity index (χ1n) is 9.64. The zero-order valence-corrected chi connectivity index (χ0v) is 17.6. The maximum atomic E-state index is 11.8. The number of rotatable bonds is 5. The van der Waals surface area contributed by atoms with Gasteiger partial charge in [-0.05, 0) is 48.2 Å². The number of carbonyl (C=O) groups is 1. The van der Waals surface area contributed by atoms with Crippen LogP contribution in [-0.4, -0.2) is 39.7 Å². The number of amides is 1. The molecule has 2 atom stereocenters. The summed E-state index contributed by atoms with van der Waals surface area (Å²) in [6, 6.07) is 12.9. The van der Waals surface area contributed by atoms with Gasteiger partial charge in [0.15, 0.2) is 0 Å². The Hall–Kier alpha value is -2.05. The molecule has 5 nitrogen and oxygen atoms in total. The number of aromatic amines is 1. The molecule has 4 rings (SSSR count). The van der Waals surface area contributed by atoms with Crippen LogP contribution >= 0.6 is 23.2 Å². The largest absolute Gasteiger partial charge is 0.376 e. The minimum Gasteiger partial charge on any atom is -0.376 e. The van der Waals surface area contributed by atoms with Gasteiger partial charge in [0.2, 0.25) is 5.91 Å². The second-order valence-corrected chi connectivity index (χ2v) is 8.35. The lowest BCUT2D eigenvalue weighted by Crippen LogP contribution is -2.53. The standard InChI is InChI=1S/C22H23Cl2N3O2/c1-13(28)25-20(10-14-4-2-3-5-18(14)24)22(29)27-9-8-16-17-11-15(23)6-7-19(17)26-21(16)12-27/h2-7,11,20,22,26,29H,8-10,12H2,1H3,(H,25,28)/t20-,22?/m0/s1. The first kappa shape index (κ1) is 20.2. The molecule has 1 aliphatic heterocycles. The minimum atomic E-state index is -0.835. The van der Waals surface area contributed by atoms with E-state index in [1.54, 1.807) is 0 Å². The molecule has 1 unspecified atom stereocenters. The van der Waals surface area contributed by atoms with E-state index < -0.39 is 12.3 Å². The molecule has 1 aromatic heterocycles. The summed E-state index contributed by atoms with van der Waals surface area (Å²) in [6.45, 7) is 2.72. The topological polar surface area (TPSA) is 68.4 Å². The van der Waals surface area contributed by atoms with E-state index in [1.807, 2.05) is 47.4 Å². The number of aliphatic hydroxyl groups excluding tert-OH is 1. The van der Waals surface area contributed by atoms with E-state index in [0.29, 0.717) is 29.6 Å². The lowest BCUT2D eigenvalue weighted by atomic mass is 10.00. The second-order valence-electron chi connectivity index (χ2n) is 7.51. The van der Waals surface area contributed by atoms with Gasteiger partial charge in [0, 0.05) is 46.7 Å². The van der Waals surface area contributed by atoms with Gasteiger partial charge in [-0.1, -0.05) is 41.4 Å². The van der Waals surface area contributed by atoms with Crippen LogP contribution in [0, 0.1) is 0 Å². The lowest BCUT2D eigenvalue weighted by Gasteiger charge is -2.36. The fraction of sp³-hybridized carbons (Fsp3) is 0.318. The highest BCUT2D eigenvalue weighted by Gasteiger charge is 2.31. The molecule has 0 saturated heterocycles. The Morgan fingerprint density at radius 1 is 1.28 bits per heavy atom. The highest BCUT2D eigenvalue weighted by Crippen LogP contribution is 2.30. The minimum absolute atomic E-state index is 0.181. The Bertz CT molecular complexity index is 1050. The van der Waals surface area contributed by atoms with Crippen molar-refractivity contribution in [2.75, 3.05) is 6.54 Å². The van der Waals surface area contributed by atoms with Gasteiger partial charge in [0.25, 0.3) is 0 Å². The molecule has 0 spiro atoms. The number of nitrogens with zero attached hydrogens (tertiary/aromatic N) is 1.